The van der Waals surface area contributed by atoms with Gasteiger partial charge in [0.1, 0.15) is 4.83 Å². The maximum absolute atomic E-state index is 12.7. The first-order valence-electron chi connectivity index (χ1n) is 6.49. The Balaban J connectivity index is 2.23. The van der Waals surface area contributed by atoms with E-state index in [2.05, 4.69) is 11.6 Å². The summed E-state index contributed by atoms with van der Waals surface area (Å²) in [4.78, 5) is 18.2. The summed E-state index contributed by atoms with van der Waals surface area (Å²) in [7, 11) is 0. The van der Waals surface area contributed by atoms with Crippen LogP contribution in [0.1, 0.15) is 6.92 Å². The van der Waals surface area contributed by atoms with Gasteiger partial charge in [0.25, 0.3) is 5.56 Å². The van der Waals surface area contributed by atoms with Crippen molar-refractivity contribution in [3.05, 3.63) is 64.3 Å². The minimum absolute atomic E-state index is 0.0170. The molecule has 0 saturated heterocycles. The SMILES string of the molecule is C=C(C)CSc1nc2sccc2c(=O)n1-c1ccccc1. The van der Waals surface area contributed by atoms with Crippen LogP contribution in [0.3, 0.4) is 0 Å². The maximum atomic E-state index is 12.7. The first-order valence-corrected chi connectivity index (χ1v) is 8.36. The summed E-state index contributed by atoms with van der Waals surface area (Å²) in [5, 5.41) is 3.29. The van der Waals surface area contributed by atoms with Gasteiger partial charge in [-0.15, -0.1) is 11.3 Å². The van der Waals surface area contributed by atoms with Crippen LogP contribution in [0.25, 0.3) is 15.9 Å². The minimum Gasteiger partial charge on any atom is -0.268 e. The second kappa shape index (κ2) is 5.87. The third kappa shape index (κ3) is 2.80. The number of para-hydroxylation sites is 1. The lowest BCUT2D eigenvalue weighted by atomic mass is 10.3. The van der Waals surface area contributed by atoms with Crippen molar-refractivity contribution in [1.82, 2.24) is 9.55 Å². The van der Waals surface area contributed by atoms with E-state index in [1.165, 1.54) is 11.3 Å². The lowest BCUT2D eigenvalue weighted by Gasteiger charge is -2.11. The van der Waals surface area contributed by atoms with Crippen molar-refractivity contribution in [2.75, 3.05) is 5.75 Å². The molecule has 106 valence electrons. The molecule has 3 aromatic rings. The molecule has 2 aromatic heterocycles. The van der Waals surface area contributed by atoms with Gasteiger partial charge in [0.05, 0.1) is 11.1 Å². The molecule has 0 fully saturated rings. The molecule has 2 heterocycles. The van der Waals surface area contributed by atoms with Gasteiger partial charge in [0, 0.05) is 5.75 Å². The Bertz CT molecular complexity index is 850. The number of nitrogens with zero attached hydrogens (tertiary/aromatic N) is 2. The summed E-state index contributed by atoms with van der Waals surface area (Å²) in [6.45, 7) is 5.89. The number of fused-ring (bicyclic) bond motifs is 1. The molecule has 0 radical (unpaired) electrons. The minimum atomic E-state index is -0.0170. The summed E-state index contributed by atoms with van der Waals surface area (Å²) in [6.07, 6.45) is 0. The van der Waals surface area contributed by atoms with Crippen molar-refractivity contribution in [3.8, 4) is 5.69 Å². The molecule has 3 nitrogen and oxygen atoms in total. The van der Waals surface area contributed by atoms with E-state index >= 15 is 0 Å². The van der Waals surface area contributed by atoms with Crippen LogP contribution in [0, 0.1) is 0 Å². The van der Waals surface area contributed by atoms with Crippen molar-refractivity contribution in [2.24, 2.45) is 0 Å². The van der Waals surface area contributed by atoms with Gasteiger partial charge in [-0.2, -0.15) is 0 Å². The molecular weight excluding hydrogens is 300 g/mol. The van der Waals surface area contributed by atoms with Gasteiger partial charge in [-0.25, -0.2) is 4.98 Å². The highest BCUT2D eigenvalue weighted by atomic mass is 32.2. The average Bonchev–Trinajstić information content (AvgIpc) is 2.95. The number of hydrogen-bond acceptors (Lipinski definition) is 4. The molecule has 5 heteroatoms. The van der Waals surface area contributed by atoms with Crippen LogP contribution in [0.2, 0.25) is 0 Å². The highest BCUT2D eigenvalue weighted by Gasteiger charge is 2.13. The van der Waals surface area contributed by atoms with Gasteiger partial charge in [-0.1, -0.05) is 42.1 Å². The summed E-state index contributed by atoms with van der Waals surface area (Å²) >= 11 is 3.03. The molecule has 0 amide bonds. The van der Waals surface area contributed by atoms with E-state index in [-0.39, 0.29) is 5.56 Å². The fourth-order valence-electron chi connectivity index (χ4n) is 1.98. The molecule has 0 atom stereocenters. The number of thiophene rings is 1. The molecule has 1 aromatic carbocycles. The van der Waals surface area contributed by atoms with Crippen LogP contribution in [-0.2, 0) is 0 Å². The fourth-order valence-corrected chi connectivity index (χ4v) is 3.65. The van der Waals surface area contributed by atoms with Crippen LogP contribution in [0.15, 0.2) is 63.9 Å². The Hall–Kier alpha value is -1.85. The zero-order valence-corrected chi connectivity index (χ0v) is 13.2. The Morgan fingerprint density at radius 3 is 2.81 bits per heavy atom. The smallest absolute Gasteiger partial charge is 0.267 e. The van der Waals surface area contributed by atoms with Crippen LogP contribution < -0.4 is 5.56 Å². The van der Waals surface area contributed by atoms with E-state index in [1.807, 2.05) is 48.7 Å². The molecule has 21 heavy (non-hydrogen) atoms. The Morgan fingerprint density at radius 2 is 2.10 bits per heavy atom. The van der Waals surface area contributed by atoms with Crippen molar-refractivity contribution in [2.45, 2.75) is 12.1 Å². The summed E-state index contributed by atoms with van der Waals surface area (Å²) in [5.74, 6) is 0.746. The zero-order valence-electron chi connectivity index (χ0n) is 11.6. The van der Waals surface area contributed by atoms with E-state index in [4.69, 9.17) is 0 Å². The Labute approximate surface area is 131 Å². The molecule has 3 rings (SSSR count). The molecule has 0 N–H and O–H groups in total. The van der Waals surface area contributed by atoms with Crippen molar-refractivity contribution in [3.63, 3.8) is 0 Å². The number of rotatable bonds is 4. The van der Waals surface area contributed by atoms with Gasteiger partial charge in [-0.05, 0) is 30.5 Å². The van der Waals surface area contributed by atoms with Crippen LogP contribution in [0.4, 0.5) is 0 Å². The third-order valence-corrected chi connectivity index (χ3v) is 4.90. The van der Waals surface area contributed by atoms with Crippen molar-refractivity contribution in [1.29, 1.82) is 0 Å². The van der Waals surface area contributed by atoms with Gasteiger partial charge in [0.2, 0.25) is 0 Å². The number of thioether (sulfide) groups is 1. The number of aromatic nitrogens is 2. The predicted molar refractivity (Wildman–Crippen MR) is 90.8 cm³/mol. The molecule has 0 aliphatic heterocycles. The molecule has 0 spiro atoms. The van der Waals surface area contributed by atoms with Crippen LogP contribution in [-0.4, -0.2) is 15.3 Å². The lowest BCUT2D eigenvalue weighted by Crippen LogP contribution is -2.21. The molecule has 0 bridgehead atoms. The van der Waals surface area contributed by atoms with Gasteiger partial charge in [-0.3, -0.25) is 9.36 Å². The summed E-state index contributed by atoms with van der Waals surface area (Å²) in [6, 6.07) is 11.5. The second-order valence-electron chi connectivity index (χ2n) is 4.76. The maximum Gasteiger partial charge on any atom is 0.267 e. The predicted octanol–water partition coefficient (Wildman–Crippen LogP) is 4.12. The monoisotopic (exact) mass is 314 g/mol. The van der Waals surface area contributed by atoms with E-state index in [0.717, 1.165) is 21.8 Å². The van der Waals surface area contributed by atoms with Gasteiger partial charge in [0.15, 0.2) is 5.16 Å². The average molecular weight is 314 g/mol. The standard InChI is InChI=1S/C16H14N2OS2/c1-11(2)10-21-16-17-14-13(8-9-20-14)15(19)18(16)12-6-4-3-5-7-12/h3-9H,1,10H2,2H3. The fraction of sp³-hybridized carbons (Fsp3) is 0.125. The summed E-state index contributed by atoms with van der Waals surface area (Å²) < 4.78 is 1.68. The van der Waals surface area contributed by atoms with Crippen molar-refractivity contribution >= 4 is 33.3 Å². The van der Waals surface area contributed by atoms with E-state index < -0.39 is 0 Å². The van der Waals surface area contributed by atoms with Crippen molar-refractivity contribution < 1.29 is 0 Å². The van der Waals surface area contributed by atoms with Gasteiger partial charge >= 0.3 is 0 Å². The molecule has 0 aliphatic rings. The zero-order chi connectivity index (χ0) is 14.8. The first kappa shape index (κ1) is 14.1. The quantitative estimate of drug-likeness (QED) is 0.413. The number of hydrogen-bond donors (Lipinski definition) is 0. The Morgan fingerprint density at radius 1 is 1.33 bits per heavy atom. The number of benzene rings is 1. The lowest BCUT2D eigenvalue weighted by molar-refractivity contribution is 0.823. The van der Waals surface area contributed by atoms with Gasteiger partial charge < -0.3 is 0 Å². The largest absolute Gasteiger partial charge is 0.268 e. The highest BCUT2D eigenvalue weighted by Crippen LogP contribution is 2.24. The first-order chi connectivity index (χ1) is 10.2. The Kier molecular flexibility index (Phi) is 3.94. The topological polar surface area (TPSA) is 34.9 Å². The van der Waals surface area contributed by atoms with Crippen LogP contribution in [0.5, 0.6) is 0 Å². The normalized spacial score (nSPS) is 10.9. The molecule has 0 saturated carbocycles. The second-order valence-corrected chi connectivity index (χ2v) is 6.59. The van der Waals surface area contributed by atoms with E-state index in [0.29, 0.717) is 10.5 Å². The molecular formula is C16H14N2OS2. The molecule has 0 aliphatic carbocycles. The van der Waals surface area contributed by atoms with E-state index in [9.17, 15) is 4.79 Å². The molecule has 0 unspecified atom stereocenters. The van der Waals surface area contributed by atoms with Crippen LogP contribution >= 0.6 is 23.1 Å². The highest BCUT2D eigenvalue weighted by molar-refractivity contribution is 7.99. The van der Waals surface area contributed by atoms with E-state index in [1.54, 1.807) is 16.3 Å². The summed E-state index contributed by atoms with van der Waals surface area (Å²) in [5.41, 5.74) is 1.88. The third-order valence-electron chi connectivity index (χ3n) is 2.93.